The fraction of sp³-hybridized carbons (Fsp3) is 0.833. The second-order valence-corrected chi connectivity index (χ2v) is 2.49. The van der Waals surface area contributed by atoms with Crippen LogP contribution in [0.15, 0.2) is 0 Å². The molecule has 0 atom stereocenters. The lowest BCUT2D eigenvalue weighted by Crippen LogP contribution is -2.51. The van der Waals surface area contributed by atoms with Crippen LogP contribution in [-0.2, 0) is 9.53 Å². The third-order valence-electron chi connectivity index (χ3n) is 1.15. The number of hydrogen-bond acceptors (Lipinski definition) is 4. The molecule has 0 amide bonds. The molecule has 0 spiro atoms. The molecule has 0 aliphatic heterocycles. The van der Waals surface area contributed by atoms with Crippen LogP contribution in [0.3, 0.4) is 0 Å². The zero-order chi connectivity index (χ0) is 8.20. The van der Waals surface area contributed by atoms with E-state index in [2.05, 4.69) is 5.43 Å². The summed E-state index contributed by atoms with van der Waals surface area (Å²) in [5, 5.41) is 0. The third-order valence-corrected chi connectivity index (χ3v) is 1.15. The van der Waals surface area contributed by atoms with Gasteiger partial charge in [-0.05, 0) is 20.8 Å². The Morgan fingerprint density at radius 3 is 2.50 bits per heavy atom. The zero-order valence-corrected chi connectivity index (χ0v) is 6.60. The molecule has 4 heteroatoms. The fourth-order valence-electron chi connectivity index (χ4n) is 0.370. The maximum absolute atomic E-state index is 10.9. The topological polar surface area (TPSA) is 64.3 Å². The van der Waals surface area contributed by atoms with E-state index >= 15 is 0 Å². The maximum atomic E-state index is 10.9. The Morgan fingerprint density at radius 2 is 2.20 bits per heavy atom. The molecule has 60 valence electrons. The molecule has 4 nitrogen and oxygen atoms in total. The van der Waals surface area contributed by atoms with Crippen molar-refractivity contribution in [3.8, 4) is 0 Å². The molecule has 0 unspecified atom stereocenters. The van der Waals surface area contributed by atoms with Gasteiger partial charge in [0.25, 0.3) is 0 Å². The molecule has 0 saturated heterocycles. The first-order valence-electron chi connectivity index (χ1n) is 3.19. The minimum Gasteiger partial charge on any atom is -0.465 e. The SMILES string of the molecule is CCOC(=O)C(C)(C)NN. The van der Waals surface area contributed by atoms with Crippen molar-refractivity contribution in [2.75, 3.05) is 6.61 Å². The van der Waals surface area contributed by atoms with Crippen LogP contribution in [0.1, 0.15) is 20.8 Å². The van der Waals surface area contributed by atoms with Crippen molar-refractivity contribution in [1.82, 2.24) is 5.43 Å². The van der Waals surface area contributed by atoms with Crippen molar-refractivity contribution >= 4 is 5.97 Å². The number of esters is 1. The summed E-state index contributed by atoms with van der Waals surface area (Å²) in [7, 11) is 0. The van der Waals surface area contributed by atoms with E-state index in [4.69, 9.17) is 10.6 Å². The Balaban J connectivity index is 3.91. The average molecular weight is 146 g/mol. The Hall–Kier alpha value is -0.610. The van der Waals surface area contributed by atoms with Gasteiger partial charge in [0, 0.05) is 0 Å². The van der Waals surface area contributed by atoms with Crippen LogP contribution < -0.4 is 11.3 Å². The molecule has 0 heterocycles. The van der Waals surface area contributed by atoms with Crippen molar-refractivity contribution in [1.29, 1.82) is 0 Å². The number of carbonyl (C=O) groups is 1. The molecule has 10 heavy (non-hydrogen) atoms. The summed E-state index contributed by atoms with van der Waals surface area (Å²) in [4.78, 5) is 10.9. The number of nitrogens with one attached hydrogen (secondary N) is 1. The summed E-state index contributed by atoms with van der Waals surface area (Å²) in [6, 6.07) is 0. The largest absolute Gasteiger partial charge is 0.465 e. The van der Waals surface area contributed by atoms with Crippen LogP contribution in [-0.4, -0.2) is 18.1 Å². The molecular weight excluding hydrogens is 132 g/mol. The Morgan fingerprint density at radius 1 is 1.70 bits per heavy atom. The van der Waals surface area contributed by atoms with Gasteiger partial charge >= 0.3 is 5.97 Å². The highest BCUT2D eigenvalue weighted by Crippen LogP contribution is 2.01. The minimum atomic E-state index is -0.782. The van der Waals surface area contributed by atoms with Crippen molar-refractivity contribution < 1.29 is 9.53 Å². The van der Waals surface area contributed by atoms with E-state index < -0.39 is 5.54 Å². The van der Waals surface area contributed by atoms with Crippen molar-refractivity contribution in [2.24, 2.45) is 5.84 Å². The average Bonchev–Trinajstić information content (AvgIpc) is 1.89. The monoisotopic (exact) mass is 146 g/mol. The van der Waals surface area contributed by atoms with E-state index in [0.29, 0.717) is 6.61 Å². The van der Waals surface area contributed by atoms with Crippen LogP contribution in [0.5, 0.6) is 0 Å². The van der Waals surface area contributed by atoms with Gasteiger partial charge in [-0.2, -0.15) is 0 Å². The molecule has 0 radical (unpaired) electrons. The molecule has 0 aromatic heterocycles. The van der Waals surface area contributed by atoms with Gasteiger partial charge in [-0.1, -0.05) is 0 Å². The second kappa shape index (κ2) is 3.53. The van der Waals surface area contributed by atoms with Gasteiger partial charge in [0.2, 0.25) is 0 Å². The van der Waals surface area contributed by atoms with Crippen LogP contribution in [0, 0.1) is 0 Å². The number of hydrazine groups is 1. The standard InChI is InChI=1S/C6H14N2O2/c1-4-10-5(9)6(2,3)8-7/h8H,4,7H2,1-3H3. The Kier molecular flexibility index (Phi) is 3.32. The molecular formula is C6H14N2O2. The van der Waals surface area contributed by atoms with Gasteiger partial charge in [0.1, 0.15) is 5.54 Å². The lowest BCUT2D eigenvalue weighted by Gasteiger charge is -2.20. The highest BCUT2D eigenvalue weighted by molar-refractivity contribution is 5.79. The van der Waals surface area contributed by atoms with E-state index in [1.165, 1.54) is 0 Å². The molecule has 0 rings (SSSR count). The van der Waals surface area contributed by atoms with Crippen LogP contribution >= 0.6 is 0 Å². The molecule has 0 aromatic rings. The number of rotatable bonds is 3. The van der Waals surface area contributed by atoms with E-state index in [0.717, 1.165) is 0 Å². The molecule has 0 saturated carbocycles. The molecule has 3 N–H and O–H groups in total. The predicted octanol–water partition coefficient (Wildman–Crippen LogP) is -0.209. The zero-order valence-electron chi connectivity index (χ0n) is 6.60. The maximum Gasteiger partial charge on any atom is 0.327 e. The quantitative estimate of drug-likeness (QED) is 0.328. The first-order valence-corrected chi connectivity index (χ1v) is 3.19. The van der Waals surface area contributed by atoms with Crippen LogP contribution in [0.2, 0.25) is 0 Å². The Bertz CT molecular complexity index is 123. The molecule has 0 aliphatic carbocycles. The summed E-state index contributed by atoms with van der Waals surface area (Å²) in [5.41, 5.74) is 1.57. The third kappa shape index (κ3) is 2.33. The summed E-state index contributed by atoms with van der Waals surface area (Å²) in [6.45, 7) is 5.45. The summed E-state index contributed by atoms with van der Waals surface area (Å²) >= 11 is 0. The Labute approximate surface area is 60.7 Å². The molecule has 0 bridgehead atoms. The van der Waals surface area contributed by atoms with Crippen molar-refractivity contribution in [3.05, 3.63) is 0 Å². The highest BCUT2D eigenvalue weighted by Gasteiger charge is 2.26. The predicted molar refractivity (Wildman–Crippen MR) is 38.0 cm³/mol. The van der Waals surface area contributed by atoms with E-state index in [9.17, 15) is 4.79 Å². The van der Waals surface area contributed by atoms with E-state index in [1.54, 1.807) is 20.8 Å². The first-order chi connectivity index (χ1) is 4.54. The van der Waals surface area contributed by atoms with Gasteiger partial charge in [0.15, 0.2) is 0 Å². The lowest BCUT2D eigenvalue weighted by molar-refractivity contribution is -0.149. The van der Waals surface area contributed by atoms with Gasteiger partial charge in [0.05, 0.1) is 6.61 Å². The van der Waals surface area contributed by atoms with Crippen LogP contribution in [0.4, 0.5) is 0 Å². The minimum absolute atomic E-state index is 0.336. The van der Waals surface area contributed by atoms with E-state index in [-0.39, 0.29) is 5.97 Å². The highest BCUT2D eigenvalue weighted by atomic mass is 16.5. The van der Waals surface area contributed by atoms with Crippen molar-refractivity contribution in [2.45, 2.75) is 26.3 Å². The fourth-order valence-corrected chi connectivity index (χ4v) is 0.370. The number of carbonyl (C=O) groups excluding carboxylic acids is 1. The molecule has 0 aromatic carbocycles. The second-order valence-electron chi connectivity index (χ2n) is 2.49. The van der Waals surface area contributed by atoms with Crippen LogP contribution in [0.25, 0.3) is 0 Å². The summed E-state index contributed by atoms with van der Waals surface area (Å²) in [6.07, 6.45) is 0. The number of nitrogens with two attached hydrogens (primary N) is 1. The van der Waals surface area contributed by atoms with Gasteiger partial charge in [-0.15, -0.1) is 0 Å². The summed E-state index contributed by atoms with van der Waals surface area (Å²) < 4.78 is 4.72. The lowest BCUT2D eigenvalue weighted by atomic mass is 10.1. The first kappa shape index (κ1) is 9.39. The number of ether oxygens (including phenoxy) is 1. The van der Waals surface area contributed by atoms with Crippen molar-refractivity contribution in [3.63, 3.8) is 0 Å². The smallest absolute Gasteiger partial charge is 0.327 e. The van der Waals surface area contributed by atoms with Gasteiger partial charge in [-0.3, -0.25) is 10.6 Å². The van der Waals surface area contributed by atoms with E-state index in [1.807, 2.05) is 0 Å². The van der Waals surface area contributed by atoms with Gasteiger partial charge < -0.3 is 4.74 Å². The number of hydrogen-bond donors (Lipinski definition) is 2. The summed E-state index contributed by atoms with van der Waals surface area (Å²) in [5.74, 6) is 4.75. The normalized spacial score (nSPS) is 11.2. The molecule has 0 aliphatic rings. The molecule has 0 fully saturated rings. The van der Waals surface area contributed by atoms with Gasteiger partial charge in [-0.25, -0.2) is 5.43 Å².